The van der Waals surface area contributed by atoms with Crippen molar-refractivity contribution in [2.24, 2.45) is 0 Å². The van der Waals surface area contributed by atoms with Crippen molar-refractivity contribution in [2.75, 3.05) is 12.4 Å². The van der Waals surface area contributed by atoms with Crippen molar-refractivity contribution in [3.63, 3.8) is 0 Å². The lowest BCUT2D eigenvalue weighted by molar-refractivity contribution is -0.115. The molecule has 1 aromatic heterocycles. The Morgan fingerprint density at radius 1 is 1.17 bits per heavy atom. The highest BCUT2D eigenvalue weighted by molar-refractivity contribution is 5.92. The van der Waals surface area contributed by atoms with Gasteiger partial charge in [0.25, 0.3) is 0 Å². The zero-order chi connectivity index (χ0) is 16.9. The summed E-state index contributed by atoms with van der Waals surface area (Å²) in [5, 5.41) is 2.84. The Bertz CT molecular complexity index is 841. The van der Waals surface area contributed by atoms with Gasteiger partial charge in [0.1, 0.15) is 11.5 Å². The fraction of sp³-hybridized carbons (Fsp3) is 0.158. The first-order valence-corrected chi connectivity index (χ1v) is 7.61. The van der Waals surface area contributed by atoms with Gasteiger partial charge in [-0.25, -0.2) is 4.98 Å². The van der Waals surface area contributed by atoms with E-state index < -0.39 is 0 Å². The number of aromatic nitrogens is 1. The molecule has 1 heterocycles. The normalized spacial score (nSPS) is 10.4. The lowest BCUT2D eigenvalue weighted by atomic mass is 10.2. The van der Waals surface area contributed by atoms with Crippen molar-refractivity contribution in [1.29, 1.82) is 0 Å². The lowest BCUT2D eigenvalue weighted by Crippen LogP contribution is -2.15. The molecule has 3 rings (SSSR count). The Morgan fingerprint density at radius 3 is 2.71 bits per heavy atom. The summed E-state index contributed by atoms with van der Waals surface area (Å²) in [5.41, 5.74) is 2.21. The van der Waals surface area contributed by atoms with Crippen LogP contribution in [0.15, 0.2) is 59.0 Å². The first-order valence-electron chi connectivity index (χ1n) is 7.61. The maximum atomic E-state index is 12.2. The summed E-state index contributed by atoms with van der Waals surface area (Å²) >= 11 is 0. The Labute approximate surface area is 140 Å². The first kappa shape index (κ1) is 15.8. The van der Waals surface area contributed by atoms with Crippen LogP contribution in [0.3, 0.4) is 0 Å². The fourth-order valence-corrected chi connectivity index (χ4v) is 2.35. The van der Waals surface area contributed by atoms with Gasteiger partial charge in [0, 0.05) is 17.3 Å². The number of nitrogens with one attached hydrogen (secondary N) is 1. The number of amides is 1. The van der Waals surface area contributed by atoms with Gasteiger partial charge in [-0.05, 0) is 31.2 Å². The van der Waals surface area contributed by atoms with E-state index in [1.807, 2.05) is 55.5 Å². The minimum absolute atomic E-state index is 0.152. The lowest BCUT2D eigenvalue weighted by Gasteiger charge is -2.06. The van der Waals surface area contributed by atoms with Gasteiger partial charge in [-0.2, -0.15) is 0 Å². The molecule has 1 N–H and O–H groups in total. The number of aryl methyl sites for hydroxylation is 1. The molecule has 5 heteroatoms. The smallest absolute Gasteiger partial charge is 0.230 e. The highest BCUT2D eigenvalue weighted by atomic mass is 16.5. The number of carbonyl (C=O) groups excluding carboxylic acids is 1. The van der Waals surface area contributed by atoms with Crippen LogP contribution in [0.5, 0.6) is 5.75 Å². The Morgan fingerprint density at radius 2 is 1.96 bits per heavy atom. The molecule has 5 nitrogen and oxygen atoms in total. The minimum atomic E-state index is -0.153. The maximum absolute atomic E-state index is 12.2. The molecular weight excluding hydrogens is 304 g/mol. The van der Waals surface area contributed by atoms with Gasteiger partial charge in [-0.15, -0.1) is 0 Å². The number of ether oxygens (including phenoxy) is 1. The van der Waals surface area contributed by atoms with E-state index in [9.17, 15) is 4.79 Å². The van der Waals surface area contributed by atoms with Crippen molar-refractivity contribution in [3.8, 4) is 17.2 Å². The Balaban J connectivity index is 1.71. The first-order chi connectivity index (χ1) is 11.7. The fourth-order valence-electron chi connectivity index (χ4n) is 2.35. The van der Waals surface area contributed by atoms with E-state index in [2.05, 4.69) is 10.3 Å². The molecule has 3 aromatic rings. The summed E-state index contributed by atoms with van der Waals surface area (Å²) < 4.78 is 10.8. The van der Waals surface area contributed by atoms with Crippen LogP contribution in [0.1, 0.15) is 11.5 Å². The summed E-state index contributed by atoms with van der Waals surface area (Å²) in [6.45, 7) is 1.81. The summed E-state index contributed by atoms with van der Waals surface area (Å²) in [7, 11) is 1.59. The highest BCUT2D eigenvalue weighted by Gasteiger charge is 2.14. The van der Waals surface area contributed by atoms with Crippen LogP contribution < -0.4 is 10.1 Å². The summed E-state index contributed by atoms with van der Waals surface area (Å²) in [5.74, 6) is 1.71. The number of oxazole rings is 1. The van der Waals surface area contributed by atoms with E-state index in [0.717, 1.165) is 5.56 Å². The number of rotatable bonds is 5. The third kappa shape index (κ3) is 3.63. The second-order valence-corrected chi connectivity index (χ2v) is 5.34. The van der Waals surface area contributed by atoms with Crippen LogP contribution >= 0.6 is 0 Å². The SMILES string of the molecule is COc1cccc(NC(=O)Cc2nc(-c3ccccc3)oc2C)c1. The molecule has 0 aliphatic rings. The van der Waals surface area contributed by atoms with Gasteiger partial charge >= 0.3 is 0 Å². The van der Waals surface area contributed by atoms with Crippen molar-refractivity contribution in [1.82, 2.24) is 4.98 Å². The molecule has 0 saturated heterocycles. The third-order valence-corrected chi connectivity index (χ3v) is 3.59. The molecule has 1 amide bonds. The van der Waals surface area contributed by atoms with Gasteiger partial charge in [0.2, 0.25) is 11.8 Å². The van der Waals surface area contributed by atoms with Crippen LogP contribution in [0.4, 0.5) is 5.69 Å². The van der Waals surface area contributed by atoms with E-state index in [0.29, 0.717) is 28.8 Å². The van der Waals surface area contributed by atoms with Gasteiger partial charge in [-0.1, -0.05) is 24.3 Å². The molecule has 0 radical (unpaired) electrons. The molecule has 0 spiro atoms. The molecule has 0 aliphatic carbocycles. The largest absolute Gasteiger partial charge is 0.497 e. The topological polar surface area (TPSA) is 64.4 Å². The number of hydrogen-bond donors (Lipinski definition) is 1. The summed E-state index contributed by atoms with van der Waals surface area (Å²) in [6.07, 6.45) is 0.152. The molecule has 24 heavy (non-hydrogen) atoms. The van der Waals surface area contributed by atoms with Gasteiger partial charge in [-0.3, -0.25) is 4.79 Å². The molecule has 122 valence electrons. The van der Waals surface area contributed by atoms with Gasteiger partial charge in [0.05, 0.1) is 19.2 Å². The second kappa shape index (κ2) is 7.00. The Kier molecular flexibility index (Phi) is 4.61. The molecule has 0 fully saturated rings. The van der Waals surface area contributed by atoms with E-state index in [-0.39, 0.29) is 12.3 Å². The zero-order valence-electron chi connectivity index (χ0n) is 13.6. The highest BCUT2D eigenvalue weighted by Crippen LogP contribution is 2.22. The number of nitrogens with zero attached hydrogens (tertiary/aromatic N) is 1. The van der Waals surface area contributed by atoms with E-state index in [4.69, 9.17) is 9.15 Å². The summed E-state index contributed by atoms with van der Waals surface area (Å²) in [6, 6.07) is 16.8. The van der Waals surface area contributed by atoms with Crippen molar-refractivity contribution in [2.45, 2.75) is 13.3 Å². The van der Waals surface area contributed by atoms with Crippen molar-refractivity contribution in [3.05, 3.63) is 66.1 Å². The van der Waals surface area contributed by atoms with E-state index >= 15 is 0 Å². The van der Waals surface area contributed by atoms with Crippen LogP contribution in [0.2, 0.25) is 0 Å². The van der Waals surface area contributed by atoms with Crippen LogP contribution in [0, 0.1) is 6.92 Å². The van der Waals surface area contributed by atoms with Gasteiger partial charge in [0.15, 0.2) is 0 Å². The monoisotopic (exact) mass is 322 g/mol. The molecule has 0 bridgehead atoms. The van der Waals surface area contributed by atoms with Crippen LogP contribution in [-0.2, 0) is 11.2 Å². The summed E-state index contributed by atoms with van der Waals surface area (Å²) in [4.78, 5) is 16.7. The number of benzene rings is 2. The molecule has 0 unspecified atom stereocenters. The predicted molar refractivity (Wildman–Crippen MR) is 92.0 cm³/mol. The molecule has 0 atom stereocenters. The standard InChI is InChI=1S/C19H18N2O3/c1-13-17(21-19(24-13)14-7-4-3-5-8-14)12-18(22)20-15-9-6-10-16(11-15)23-2/h3-11H,12H2,1-2H3,(H,20,22). The molecule has 0 aliphatic heterocycles. The maximum Gasteiger partial charge on any atom is 0.230 e. The quantitative estimate of drug-likeness (QED) is 0.775. The zero-order valence-corrected chi connectivity index (χ0v) is 13.6. The molecule has 0 saturated carbocycles. The third-order valence-electron chi connectivity index (χ3n) is 3.59. The number of carbonyl (C=O) groups is 1. The average molecular weight is 322 g/mol. The predicted octanol–water partition coefficient (Wildman–Crippen LogP) is 3.84. The Hall–Kier alpha value is -3.08. The van der Waals surface area contributed by atoms with E-state index in [1.54, 1.807) is 13.2 Å². The van der Waals surface area contributed by atoms with E-state index in [1.165, 1.54) is 0 Å². The number of methoxy groups -OCH3 is 1. The van der Waals surface area contributed by atoms with Crippen LogP contribution in [0.25, 0.3) is 11.5 Å². The van der Waals surface area contributed by atoms with Crippen molar-refractivity contribution < 1.29 is 13.9 Å². The molecular formula is C19H18N2O3. The minimum Gasteiger partial charge on any atom is -0.497 e. The average Bonchev–Trinajstić information content (AvgIpc) is 2.96. The van der Waals surface area contributed by atoms with Crippen molar-refractivity contribution >= 4 is 11.6 Å². The van der Waals surface area contributed by atoms with Gasteiger partial charge < -0.3 is 14.5 Å². The number of anilines is 1. The van der Waals surface area contributed by atoms with Crippen LogP contribution in [-0.4, -0.2) is 18.0 Å². The second-order valence-electron chi connectivity index (χ2n) is 5.34. The molecule has 2 aromatic carbocycles. The number of hydrogen-bond acceptors (Lipinski definition) is 4.